The lowest BCUT2D eigenvalue weighted by atomic mass is 9.79. The predicted molar refractivity (Wildman–Crippen MR) is 110 cm³/mol. The SMILES string of the molecule is CC(C)CCC1(C(=O)Nc2ccccc2SC(=O)C(C)(C)C)CCCC1. The van der Waals surface area contributed by atoms with E-state index in [1.165, 1.54) is 11.8 Å². The molecule has 1 N–H and O–H groups in total. The minimum Gasteiger partial charge on any atom is -0.325 e. The Bertz CT molecular complexity index is 640. The molecule has 3 nitrogen and oxygen atoms in total. The normalized spacial score (nSPS) is 16.7. The Balaban J connectivity index is 2.16. The number of benzene rings is 1. The van der Waals surface area contributed by atoms with E-state index in [0.717, 1.165) is 49.1 Å². The van der Waals surface area contributed by atoms with Crippen molar-refractivity contribution in [1.29, 1.82) is 0 Å². The van der Waals surface area contributed by atoms with Crippen LogP contribution in [0.5, 0.6) is 0 Å². The predicted octanol–water partition coefficient (Wildman–Crippen LogP) is 6.29. The zero-order chi connectivity index (χ0) is 19.4. The number of carbonyl (C=O) groups excluding carboxylic acids is 2. The molecule has 0 spiro atoms. The third-order valence-corrected chi connectivity index (χ3v) is 6.57. The summed E-state index contributed by atoms with van der Waals surface area (Å²) in [7, 11) is 0. The average molecular weight is 376 g/mol. The molecule has 4 heteroatoms. The number of thioether (sulfide) groups is 1. The molecule has 0 radical (unpaired) electrons. The first-order valence-electron chi connectivity index (χ1n) is 9.77. The molecule has 0 unspecified atom stereocenters. The zero-order valence-corrected chi connectivity index (χ0v) is 17.7. The number of hydrogen-bond donors (Lipinski definition) is 1. The molecule has 1 fully saturated rings. The average Bonchev–Trinajstić information content (AvgIpc) is 3.04. The molecule has 0 bridgehead atoms. The highest BCUT2D eigenvalue weighted by atomic mass is 32.2. The maximum Gasteiger partial charge on any atom is 0.230 e. The highest BCUT2D eigenvalue weighted by molar-refractivity contribution is 8.13. The summed E-state index contributed by atoms with van der Waals surface area (Å²) in [6.07, 6.45) is 6.23. The first kappa shape index (κ1) is 21.0. The van der Waals surface area contributed by atoms with E-state index in [1.807, 2.05) is 45.0 Å². The van der Waals surface area contributed by atoms with Crippen molar-refractivity contribution in [3.05, 3.63) is 24.3 Å². The molecule has 0 heterocycles. The van der Waals surface area contributed by atoms with Crippen LogP contribution in [0.2, 0.25) is 0 Å². The van der Waals surface area contributed by atoms with Crippen molar-refractivity contribution in [2.45, 2.75) is 78.0 Å². The molecule has 1 aliphatic carbocycles. The minimum absolute atomic E-state index is 0.106. The minimum atomic E-state index is -0.411. The molecule has 0 aromatic heterocycles. The van der Waals surface area contributed by atoms with E-state index in [4.69, 9.17) is 0 Å². The van der Waals surface area contributed by atoms with E-state index in [9.17, 15) is 9.59 Å². The van der Waals surface area contributed by atoms with Gasteiger partial charge in [-0.2, -0.15) is 0 Å². The lowest BCUT2D eigenvalue weighted by molar-refractivity contribution is -0.126. The van der Waals surface area contributed by atoms with E-state index in [1.54, 1.807) is 0 Å². The molecule has 1 aliphatic rings. The van der Waals surface area contributed by atoms with Gasteiger partial charge in [0.1, 0.15) is 0 Å². The molecular formula is C22H33NO2S. The maximum atomic E-state index is 13.2. The lowest BCUT2D eigenvalue weighted by Gasteiger charge is -2.29. The van der Waals surface area contributed by atoms with Crippen molar-refractivity contribution in [3.8, 4) is 0 Å². The van der Waals surface area contributed by atoms with Gasteiger partial charge in [-0.05, 0) is 55.5 Å². The summed E-state index contributed by atoms with van der Waals surface area (Å²) in [5, 5.41) is 3.27. The third kappa shape index (κ3) is 5.35. The molecular weight excluding hydrogens is 342 g/mol. The topological polar surface area (TPSA) is 46.2 Å². The Morgan fingerprint density at radius 1 is 1.15 bits per heavy atom. The molecule has 2 rings (SSSR count). The summed E-state index contributed by atoms with van der Waals surface area (Å²) >= 11 is 1.23. The van der Waals surface area contributed by atoms with Crippen LogP contribution in [0, 0.1) is 16.7 Å². The van der Waals surface area contributed by atoms with Crippen molar-refractivity contribution >= 4 is 28.5 Å². The van der Waals surface area contributed by atoms with Gasteiger partial charge in [0.25, 0.3) is 0 Å². The van der Waals surface area contributed by atoms with E-state index in [0.29, 0.717) is 5.92 Å². The fraction of sp³-hybridized carbons (Fsp3) is 0.636. The Morgan fingerprint density at radius 2 is 1.77 bits per heavy atom. The molecule has 0 saturated heterocycles. The lowest BCUT2D eigenvalue weighted by Crippen LogP contribution is -2.34. The monoisotopic (exact) mass is 375 g/mol. The van der Waals surface area contributed by atoms with Crippen molar-refractivity contribution in [2.75, 3.05) is 5.32 Å². The van der Waals surface area contributed by atoms with Gasteiger partial charge in [0.2, 0.25) is 5.91 Å². The summed E-state index contributed by atoms with van der Waals surface area (Å²) in [4.78, 5) is 26.4. The Morgan fingerprint density at radius 3 is 2.35 bits per heavy atom. The molecule has 26 heavy (non-hydrogen) atoms. The van der Waals surface area contributed by atoms with Gasteiger partial charge < -0.3 is 5.32 Å². The Labute approximate surface area is 162 Å². The standard InChI is InChI=1S/C22H33NO2S/c1-16(2)12-15-22(13-8-9-14-22)19(24)23-17-10-6-7-11-18(17)26-20(25)21(3,4)5/h6-7,10-11,16H,8-9,12-15H2,1-5H3,(H,23,24). The fourth-order valence-electron chi connectivity index (χ4n) is 3.37. The van der Waals surface area contributed by atoms with Gasteiger partial charge in [0.15, 0.2) is 5.12 Å². The number of amides is 1. The third-order valence-electron chi connectivity index (χ3n) is 5.19. The quantitative estimate of drug-likeness (QED) is 0.595. The van der Waals surface area contributed by atoms with Crippen molar-refractivity contribution in [2.24, 2.45) is 16.7 Å². The highest BCUT2D eigenvalue weighted by Gasteiger charge is 2.40. The van der Waals surface area contributed by atoms with Crippen LogP contribution in [0.15, 0.2) is 29.2 Å². The van der Waals surface area contributed by atoms with E-state index in [2.05, 4.69) is 19.2 Å². The Hall–Kier alpha value is -1.29. The van der Waals surface area contributed by atoms with Crippen LogP contribution in [-0.2, 0) is 9.59 Å². The van der Waals surface area contributed by atoms with Crippen LogP contribution in [0.25, 0.3) is 0 Å². The van der Waals surface area contributed by atoms with Crippen LogP contribution in [-0.4, -0.2) is 11.0 Å². The smallest absolute Gasteiger partial charge is 0.230 e. The van der Waals surface area contributed by atoms with Crippen LogP contribution in [0.4, 0.5) is 5.69 Å². The van der Waals surface area contributed by atoms with Gasteiger partial charge in [0, 0.05) is 15.7 Å². The van der Waals surface area contributed by atoms with E-state index in [-0.39, 0.29) is 16.4 Å². The van der Waals surface area contributed by atoms with Gasteiger partial charge in [-0.3, -0.25) is 9.59 Å². The fourth-order valence-corrected chi connectivity index (χ4v) is 4.26. The number of anilines is 1. The van der Waals surface area contributed by atoms with Gasteiger partial charge in [0.05, 0.1) is 5.69 Å². The Kier molecular flexibility index (Phi) is 6.95. The van der Waals surface area contributed by atoms with Crippen molar-refractivity contribution in [1.82, 2.24) is 0 Å². The first-order chi connectivity index (χ1) is 12.1. The molecule has 0 aliphatic heterocycles. The highest BCUT2D eigenvalue weighted by Crippen LogP contribution is 2.44. The van der Waals surface area contributed by atoms with Crippen LogP contribution in [0.3, 0.4) is 0 Å². The second-order valence-corrected chi connectivity index (χ2v) is 10.0. The summed E-state index contributed by atoms with van der Waals surface area (Å²) in [6, 6.07) is 7.65. The summed E-state index contributed by atoms with van der Waals surface area (Å²) in [6.45, 7) is 10.2. The largest absolute Gasteiger partial charge is 0.325 e. The summed E-state index contributed by atoms with van der Waals surface area (Å²) < 4.78 is 0. The van der Waals surface area contributed by atoms with Crippen LogP contribution in [0.1, 0.15) is 73.1 Å². The van der Waals surface area contributed by atoms with Crippen LogP contribution < -0.4 is 5.32 Å². The van der Waals surface area contributed by atoms with Crippen molar-refractivity contribution < 1.29 is 9.59 Å². The first-order valence-corrected chi connectivity index (χ1v) is 10.6. The van der Waals surface area contributed by atoms with Crippen molar-refractivity contribution in [3.63, 3.8) is 0 Å². The molecule has 1 aromatic rings. The second-order valence-electron chi connectivity index (χ2n) is 9.01. The summed E-state index contributed by atoms with van der Waals surface area (Å²) in [5.41, 5.74) is 0.109. The molecule has 1 aromatic carbocycles. The second kappa shape index (κ2) is 8.60. The maximum absolute atomic E-state index is 13.2. The van der Waals surface area contributed by atoms with Crippen LogP contribution >= 0.6 is 11.8 Å². The van der Waals surface area contributed by atoms with E-state index >= 15 is 0 Å². The van der Waals surface area contributed by atoms with Gasteiger partial charge >= 0.3 is 0 Å². The van der Waals surface area contributed by atoms with E-state index < -0.39 is 5.41 Å². The number of carbonyl (C=O) groups is 2. The van der Waals surface area contributed by atoms with Gasteiger partial charge in [-0.15, -0.1) is 0 Å². The number of hydrogen-bond acceptors (Lipinski definition) is 3. The molecule has 0 atom stereocenters. The molecule has 1 saturated carbocycles. The summed E-state index contributed by atoms with van der Waals surface area (Å²) in [5.74, 6) is 0.736. The molecule has 144 valence electrons. The zero-order valence-electron chi connectivity index (χ0n) is 16.9. The van der Waals surface area contributed by atoms with Gasteiger partial charge in [-0.1, -0.05) is 59.6 Å². The molecule has 1 amide bonds. The number of para-hydroxylation sites is 1. The van der Waals surface area contributed by atoms with Gasteiger partial charge in [-0.25, -0.2) is 0 Å². The number of nitrogens with one attached hydrogen (secondary N) is 1. The number of rotatable bonds is 6.